The van der Waals surface area contributed by atoms with Crippen LogP contribution in [0.1, 0.15) is 33.7 Å². The van der Waals surface area contributed by atoms with Crippen molar-refractivity contribution in [2.24, 2.45) is 0 Å². The lowest BCUT2D eigenvalue weighted by atomic mass is 9.85. The van der Waals surface area contributed by atoms with Gasteiger partial charge < -0.3 is 0 Å². The van der Waals surface area contributed by atoms with Gasteiger partial charge in [0, 0.05) is 24.4 Å². The molecule has 116 valence electrons. The summed E-state index contributed by atoms with van der Waals surface area (Å²) in [5, 5.41) is 0. The van der Waals surface area contributed by atoms with Gasteiger partial charge in [-0.25, -0.2) is 0 Å². The first-order valence-electron chi connectivity index (χ1n) is 7.72. The predicted molar refractivity (Wildman–Crippen MR) is 89.4 cm³/mol. The van der Waals surface area contributed by atoms with Gasteiger partial charge in [0.1, 0.15) is 5.92 Å². The molecule has 1 heterocycles. The zero-order chi connectivity index (χ0) is 16.6. The molecule has 3 nitrogen and oxygen atoms in total. The van der Waals surface area contributed by atoms with E-state index in [0.29, 0.717) is 12.0 Å². The van der Waals surface area contributed by atoms with E-state index in [9.17, 15) is 9.59 Å². The summed E-state index contributed by atoms with van der Waals surface area (Å²) in [6.45, 7) is 5.96. The van der Waals surface area contributed by atoms with Gasteiger partial charge in [0.15, 0.2) is 11.6 Å². The zero-order valence-corrected chi connectivity index (χ0v) is 13.6. The number of aromatic nitrogens is 1. The van der Waals surface area contributed by atoms with Gasteiger partial charge in [-0.1, -0.05) is 23.8 Å². The van der Waals surface area contributed by atoms with Gasteiger partial charge in [0.05, 0.1) is 0 Å². The summed E-state index contributed by atoms with van der Waals surface area (Å²) >= 11 is 0. The number of carbonyl (C=O) groups is 2. The molecule has 0 spiro atoms. The number of hydrogen-bond donors (Lipinski definition) is 0. The van der Waals surface area contributed by atoms with Crippen molar-refractivity contribution < 1.29 is 9.59 Å². The molecular weight excluding hydrogens is 286 g/mol. The van der Waals surface area contributed by atoms with Crippen LogP contribution in [-0.4, -0.2) is 16.6 Å². The topological polar surface area (TPSA) is 47.0 Å². The minimum atomic E-state index is -0.678. The third kappa shape index (κ3) is 2.87. The third-order valence-electron chi connectivity index (χ3n) is 4.32. The molecule has 0 bridgehead atoms. The Kier molecular flexibility index (Phi) is 3.95. The minimum absolute atomic E-state index is 0.0751. The summed E-state index contributed by atoms with van der Waals surface area (Å²) in [6.07, 6.45) is 5.40. The molecule has 1 aliphatic rings. The molecule has 1 aromatic heterocycles. The van der Waals surface area contributed by atoms with Crippen molar-refractivity contribution in [1.29, 1.82) is 0 Å². The molecule has 1 aliphatic carbocycles. The van der Waals surface area contributed by atoms with Crippen LogP contribution in [0.15, 0.2) is 48.3 Å². The Labute approximate surface area is 136 Å². The van der Waals surface area contributed by atoms with Crippen molar-refractivity contribution >= 4 is 11.6 Å². The van der Waals surface area contributed by atoms with Crippen molar-refractivity contribution in [3.63, 3.8) is 0 Å². The van der Waals surface area contributed by atoms with Crippen molar-refractivity contribution in [3.05, 3.63) is 76.1 Å². The lowest BCUT2D eigenvalue weighted by Crippen LogP contribution is -2.18. The number of Topliss-reactive ketones (excluding diaryl/α,β-unsaturated/α-hetero) is 1. The average molecular weight is 305 g/mol. The molecule has 1 unspecified atom stereocenters. The molecule has 23 heavy (non-hydrogen) atoms. The molecule has 0 N–H and O–H groups in total. The summed E-state index contributed by atoms with van der Waals surface area (Å²) in [6, 6.07) is 7.81. The van der Waals surface area contributed by atoms with Gasteiger partial charge in [0.25, 0.3) is 0 Å². The van der Waals surface area contributed by atoms with Crippen molar-refractivity contribution in [2.75, 3.05) is 0 Å². The van der Waals surface area contributed by atoms with Gasteiger partial charge in [-0.05, 0) is 55.2 Å². The number of aryl methyl sites for hydroxylation is 3. The fraction of sp³-hybridized carbons (Fsp3) is 0.250. The van der Waals surface area contributed by atoms with Crippen LogP contribution in [0, 0.1) is 20.8 Å². The molecule has 0 aliphatic heterocycles. The number of carbonyl (C=O) groups excluding carboxylic acids is 2. The maximum absolute atomic E-state index is 12.8. The standard InChI is InChI=1S/C20H19NO2/c1-12-7-13(2)18(14(3)8-12)19-17(22)10-16(20(19)23)9-15-5-4-6-21-11-15/h4-8,10-11,19H,9H2,1-3H3. The first-order chi connectivity index (χ1) is 11.0. The second-order valence-electron chi connectivity index (χ2n) is 6.22. The van der Waals surface area contributed by atoms with Crippen LogP contribution in [0.2, 0.25) is 0 Å². The maximum atomic E-state index is 12.8. The van der Waals surface area contributed by atoms with Gasteiger partial charge >= 0.3 is 0 Å². The smallest absolute Gasteiger partial charge is 0.174 e. The van der Waals surface area contributed by atoms with E-state index in [1.807, 2.05) is 45.0 Å². The normalized spacial score (nSPS) is 17.5. The molecular formula is C20H19NO2. The molecule has 1 atom stereocenters. The maximum Gasteiger partial charge on any atom is 0.174 e. The Hall–Kier alpha value is -2.55. The highest BCUT2D eigenvalue weighted by molar-refractivity contribution is 6.25. The SMILES string of the molecule is Cc1cc(C)c(C2C(=O)C=C(Cc3cccnc3)C2=O)c(C)c1. The molecule has 0 amide bonds. The highest BCUT2D eigenvalue weighted by Crippen LogP contribution is 2.34. The van der Waals surface area contributed by atoms with Gasteiger partial charge in [0.2, 0.25) is 0 Å². The van der Waals surface area contributed by atoms with E-state index in [4.69, 9.17) is 0 Å². The number of allylic oxidation sites excluding steroid dienone is 2. The van der Waals surface area contributed by atoms with E-state index in [-0.39, 0.29) is 11.6 Å². The van der Waals surface area contributed by atoms with Crippen LogP contribution in [-0.2, 0) is 16.0 Å². The van der Waals surface area contributed by atoms with Crippen LogP contribution in [0.25, 0.3) is 0 Å². The number of rotatable bonds is 3. The van der Waals surface area contributed by atoms with E-state index < -0.39 is 5.92 Å². The first kappa shape index (κ1) is 15.3. The van der Waals surface area contributed by atoms with E-state index >= 15 is 0 Å². The number of benzene rings is 1. The Balaban J connectivity index is 1.93. The van der Waals surface area contributed by atoms with E-state index in [1.54, 1.807) is 12.4 Å². The second kappa shape index (κ2) is 5.92. The van der Waals surface area contributed by atoms with Crippen molar-refractivity contribution in [3.8, 4) is 0 Å². The molecule has 0 radical (unpaired) electrons. The van der Waals surface area contributed by atoms with Gasteiger partial charge in [-0.3, -0.25) is 14.6 Å². The largest absolute Gasteiger partial charge is 0.294 e. The summed E-state index contributed by atoms with van der Waals surface area (Å²) in [5.74, 6) is -0.861. The van der Waals surface area contributed by atoms with Crippen LogP contribution >= 0.6 is 0 Å². The average Bonchev–Trinajstić information content (AvgIpc) is 2.75. The Morgan fingerprint density at radius 1 is 1.09 bits per heavy atom. The molecule has 0 saturated carbocycles. The molecule has 1 aromatic carbocycles. The van der Waals surface area contributed by atoms with Crippen LogP contribution in [0.5, 0.6) is 0 Å². The molecule has 3 heteroatoms. The number of hydrogen-bond acceptors (Lipinski definition) is 3. The highest BCUT2D eigenvalue weighted by atomic mass is 16.2. The van der Waals surface area contributed by atoms with Crippen molar-refractivity contribution in [2.45, 2.75) is 33.1 Å². The molecule has 0 fully saturated rings. The summed E-state index contributed by atoms with van der Waals surface area (Å²) < 4.78 is 0. The molecule has 2 aromatic rings. The van der Waals surface area contributed by atoms with Crippen molar-refractivity contribution in [1.82, 2.24) is 4.98 Å². The van der Waals surface area contributed by atoms with E-state index in [2.05, 4.69) is 4.98 Å². The van der Waals surface area contributed by atoms with E-state index in [0.717, 1.165) is 27.8 Å². The Bertz CT molecular complexity index is 796. The summed E-state index contributed by atoms with van der Waals surface area (Å²) in [7, 11) is 0. The Morgan fingerprint density at radius 2 is 1.78 bits per heavy atom. The monoisotopic (exact) mass is 305 g/mol. The third-order valence-corrected chi connectivity index (χ3v) is 4.32. The molecule has 3 rings (SSSR count). The predicted octanol–water partition coefficient (Wildman–Crippen LogP) is 3.41. The summed E-state index contributed by atoms with van der Waals surface area (Å²) in [4.78, 5) is 29.3. The minimum Gasteiger partial charge on any atom is -0.294 e. The van der Waals surface area contributed by atoms with Crippen LogP contribution in [0.3, 0.4) is 0 Å². The number of ketones is 2. The fourth-order valence-electron chi connectivity index (χ4n) is 3.42. The van der Waals surface area contributed by atoms with Crippen LogP contribution < -0.4 is 0 Å². The highest BCUT2D eigenvalue weighted by Gasteiger charge is 2.37. The lowest BCUT2D eigenvalue weighted by molar-refractivity contribution is -0.122. The first-order valence-corrected chi connectivity index (χ1v) is 7.72. The number of nitrogens with zero attached hydrogens (tertiary/aromatic N) is 1. The Morgan fingerprint density at radius 3 is 2.39 bits per heavy atom. The second-order valence-corrected chi connectivity index (χ2v) is 6.22. The number of pyridine rings is 1. The molecule has 0 saturated heterocycles. The van der Waals surface area contributed by atoms with E-state index in [1.165, 1.54) is 6.08 Å². The van der Waals surface area contributed by atoms with Gasteiger partial charge in [-0.2, -0.15) is 0 Å². The van der Waals surface area contributed by atoms with Gasteiger partial charge in [-0.15, -0.1) is 0 Å². The van der Waals surface area contributed by atoms with Crippen LogP contribution in [0.4, 0.5) is 0 Å². The lowest BCUT2D eigenvalue weighted by Gasteiger charge is -2.16. The zero-order valence-electron chi connectivity index (χ0n) is 13.6. The summed E-state index contributed by atoms with van der Waals surface area (Å²) in [5.41, 5.74) is 5.54. The quantitative estimate of drug-likeness (QED) is 0.816. The fourth-order valence-corrected chi connectivity index (χ4v) is 3.42.